The monoisotopic (exact) mass is 171 g/mol. The fourth-order valence-electron chi connectivity index (χ4n) is 1.43. The fraction of sp³-hybridized carbons (Fsp3) is 0.625. The Bertz CT molecular complexity index is 204. The Morgan fingerprint density at radius 1 is 1.75 bits per heavy atom. The van der Waals surface area contributed by atoms with Crippen molar-refractivity contribution in [3.63, 3.8) is 0 Å². The molecule has 1 heterocycles. The molecular weight excluding hydrogens is 158 g/mol. The highest BCUT2D eigenvalue weighted by atomic mass is 16.4. The van der Waals surface area contributed by atoms with Crippen LogP contribution in [-0.4, -0.2) is 45.8 Å². The van der Waals surface area contributed by atoms with Crippen LogP contribution in [0, 0.1) is 0 Å². The number of carbonyl (C=O) groups is 1. The molecule has 2 N–H and O–H groups in total. The average Bonchev–Trinajstić information content (AvgIpc) is 1.84. The summed E-state index contributed by atoms with van der Waals surface area (Å²) in [6.07, 6.45) is 1.37. The Hall–Kier alpha value is -0.870. The molecule has 1 aliphatic rings. The molecule has 0 aromatic carbocycles. The molecule has 0 aromatic rings. The van der Waals surface area contributed by atoms with E-state index in [0.29, 0.717) is 13.1 Å². The normalized spacial score (nSPS) is 24.2. The first-order valence-electron chi connectivity index (χ1n) is 3.78. The van der Waals surface area contributed by atoms with E-state index in [0.717, 1.165) is 0 Å². The smallest absolute Gasteiger partial charge is 0.324 e. The molecule has 1 aliphatic heterocycles. The average molecular weight is 171 g/mol. The molecule has 0 bridgehead atoms. The summed E-state index contributed by atoms with van der Waals surface area (Å²) in [7, 11) is 0. The zero-order chi connectivity index (χ0) is 9.35. The molecule has 0 radical (unpaired) electrons. The molecule has 0 spiro atoms. The van der Waals surface area contributed by atoms with Crippen molar-refractivity contribution in [3.8, 4) is 0 Å². The van der Waals surface area contributed by atoms with Gasteiger partial charge in [0.15, 0.2) is 0 Å². The number of likely N-dealkylation sites (tertiary alicyclic amines) is 1. The first kappa shape index (κ1) is 9.22. The van der Waals surface area contributed by atoms with Gasteiger partial charge in [0.1, 0.15) is 6.04 Å². The second-order valence-electron chi connectivity index (χ2n) is 3.42. The predicted molar refractivity (Wildman–Crippen MR) is 43.8 cm³/mol. The van der Waals surface area contributed by atoms with Crippen molar-refractivity contribution in [2.24, 2.45) is 0 Å². The van der Waals surface area contributed by atoms with E-state index < -0.39 is 17.6 Å². The van der Waals surface area contributed by atoms with Crippen molar-refractivity contribution in [1.29, 1.82) is 0 Å². The Balaban J connectivity index is 2.50. The number of rotatable bonds is 3. The van der Waals surface area contributed by atoms with E-state index in [-0.39, 0.29) is 0 Å². The van der Waals surface area contributed by atoms with Crippen LogP contribution in [-0.2, 0) is 4.79 Å². The number of nitrogens with zero attached hydrogens (tertiary/aromatic N) is 1. The summed E-state index contributed by atoms with van der Waals surface area (Å²) in [6.45, 7) is 5.91. The van der Waals surface area contributed by atoms with Crippen LogP contribution in [0.4, 0.5) is 0 Å². The summed E-state index contributed by atoms with van der Waals surface area (Å²) >= 11 is 0. The van der Waals surface area contributed by atoms with Gasteiger partial charge in [-0.05, 0) is 6.92 Å². The highest BCUT2D eigenvalue weighted by molar-refractivity contribution is 5.75. The number of hydrogen-bond acceptors (Lipinski definition) is 3. The van der Waals surface area contributed by atoms with Crippen molar-refractivity contribution in [1.82, 2.24) is 4.90 Å². The van der Waals surface area contributed by atoms with E-state index in [4.69, 9.17) is 5.11 Å². The summed E-state index contributed by atoms with van der Waals surface area (Å²) < 4.78 is 0. The molecule has 0 amide bonds. The molecule has 12 heavy (non-hydrogen) atoms. The summed E-state index contributed by atoms with van der Waals surface area (Å²) in [4.78, 5) is 12.2. The predicted octanol–water partition coefficient (Wildman–Crippen LogP) is -0.308. The maximum absolute atomic E-state index is 10.6. The lowest BCUT2D eigenvalue weighted by Crippen LogP contribution is -2.64. The third-order valence-corrected chi connectivity index (χ3v) is 1.96. The van der Waals surface area contributed by atoms with Gasteiger partial charge in [-0.25, -0.2) is 0 Å². The minimum Gasteiger partial charge on any atom is -0.480 e. The molecule has 4 nitrogen and oxygen atoms in total. The minimum atomic E-state index is -0.916. The molecule has 1 unspecified atom stereocenters. The Labute approximate surface area is 71.1 Å². The maximum atomic E-state index is 10.6. The Morgan fingerprint density at radius 2 is 2.25 bits per heavy atom. The molecule has 1 atom stereocenters. The number of carboxylic acid groups (broad SMARTS) is 1. The van der Waals surface area contributed by atoms with Crippen LogP contribution in [0.15, 0.2) is 12.7 Å². The Kier molecular flexibility index (Phi) is 2.21. The number of hydrogen-bond donors (Lipinski definition) is 2. The first-order chi connectivity index (χ1) is 5.46. The second-order valence-corrected chi connectivity index (χ2v) is 3.42. The molecule has 0 saturated carbocycles. The molecule has 68 valence electrons. The van der Waals surface area contributed by atoms with Gasteiger partial charge in [0.25, 0.3) is 0 Å². The molecule has 0 aromatic heterocycles. The highest BCUT2D eigenvalue weighted by Crippen LogP contribution is 2.22. The molecule has 0 aliphatic carbocycles. The van der Waals surface area contributed by atoms with Crippen LogP contribution in [0.1, 0.15) is 6.92 Å². The zero-order valence-corrected chi connectivity index (χ0v) is 7.03. The Morgan fingerprint density at radius 3 is 2.50 bits per heavy atom. The quantitative estimate of drug-likeness (QED) is 0.572. The second kappa shape index (κ2) is 2.88. The summed E-state index contributed by atoms with van der Waals surface area (Å²) in [5.41, 5.74) is -0.725. The third-order valence-electron chi connectivity index (χ3n) is 1.96. The van der Waals surface area contributed by atoms with Crippen LogP contribution >= 0.6 is 0 Å². The van der Waals surface area contributed by atoms with Gasteiger partial charge in [0.05, 0.1) is 5.60 Å². The molecule has 1 saturated heterocycles. The van der Waals surface area contributed by atoms with Crippen LogP contribution in [0.2, 0.25) is 0 Å². The summed E-state index contributed by atoms with van der Waals surface area (Å²) in [6, 6.07) is -0.662. The number of aliphatic hydroxyl groups is 1. The van der Waals surface area contributed by atoms with Crippen molar-refractivity contribution in [2.45, 2.75) is 18.6 Å². The minimum absolute atomic E-state index is 0.399. The largest absolute Gasteiger partial charge is 0.480 e. The van der Waals surface area contributed by atoms with Crippen LogP contribution in [0.5, 0.6) is 0 Å². The van der Waals surface area contributed by atoms with Crippen molar-refractivity contribution in [3.05, 3.63) is 12.7 Å². The van der Waals surface area contributed by atoms with Gasteiger partial charge in [-0.15, -0.1) is 6.58 Å². The SMILES string of the molecule is C=CC(C(=O)O)N1CC(C)(O)C1. The van der Waals surface area contributed by atoms with E-state index in [1.165, 1.54) is 6.08 Å². The summed E-state index contributed by atoms with van der Waals surface area (Å²) in [5, 5.41) is 18.0. The molecular formula is C8H13NO3. The van der Waals surface area contributed by atoms with Gasteiger partial charge in [0, 0.05) is 13.1 Å². The third kappa shape index (κ3) is 1.65. The van der Waals surface area contributed by atoms with Gasteiger partial charge in [-0.2, -0.15) is 0 Å². The lowest BCUT2D eigenvalue weighted by molar-refractivity contribution is -0.151. The maximum Gasteiger partial charge on any atom is 0.324 e. The number of β-amino-alcohol motifs (C(OH)–C–C–N with tert-alkyl or cyclic N) is 1. The lowest BCUT2D eigenvalue weighted by Gasteiger charge is -2.46. The van der Waals surface area contributed by atoms with Gasteiger partial charge in [0.2, 0.25) is 0 Å². The zero-order valence-electron chi connectivity index (χ0n) is 7.03. The lowest BCUT2D eigenvalue weighted by atomic mass is 9.94. The van der Waals surface area contributed by atoms with Crippen molar-refractivity contribution in [2.75, 3.05) is 13.1 Å². The topological polar surface area (TPSA) is 60.8 Å². The van der Waals surface area contributed by atoms with Crippen LogP contribution in [0.3, 0.4) is 0 Å². The number of carboxylic acids is 1. The van der Waals surface area contributed by atoms with Gasteiger partial charge in [-0.1, -0.05) is 6.08 Å². The van der Waals surface area contributed by atoms with Crippen molar-refractivity contribution < 1.29 is 15.0 Å². The standard InChI is InChI=1S/C8H13NO3/c1-3-6(7(10)11)9-4-8(2,12)5-9/h3,6,12H,1,4-5H2,2H3,(H,10,11). The highest BCUT2D eigenvalue weighted by Gasteiger charge is 2.41. The van der Waals surface area contributed by atoms with Gasteiger partial charge >= 0.3 is 5.97 Å². The molecule has 4 heteroatoms. The molecule has 1 rings (SSSR count). The van der Waals surface area contributed by atoms with E-state index in [1.807, 2.05) is 0 Å². The fourth-order valence-corrected chi connectivity index (χ4v) is 1.43. The summed E-state index contributed by atoms with van der Waals surface area (Å²) in [5.74, 6) is -0.916. The first-order valence-corrected chi connectivity index (χ1v) is 3.78. The number of aliphatic carboxylic acids is 1. The van der Waals surface area contributed by atoms with Crippen molar-refractivity contribution >= 4 is 5.97 Å². The van der Waals surface area contributed by atoms with E-state index in [1.54, 1.807) is 11.8 Å². The molecule has 1 fully saturated rings. The van der Waals surface area contributed by atoms with E-state index in [2.05, 4.69) is 6.58 Å². The van der Waals surface area contributed by atoms with Crippen LogP contribution < -0.4 is 0 Å². The van der Waals surface area contributed by atoms with E-state index in [9.17, 15) is 9.90 Å². The van der Waals surface area contributed by atoms with Gasteiger partial charge < -0.3 is 10.2 Å². The van der Waals surface area contributed by atoms with Crippen LogP contribution in [0.25, 0.3) is 0 Å². The van der Waals surface area contributed by atoms with E-state index >= 15 is 0 Å². The van der Waals surface area contributed by atoms with Gasteiger partial charge in [-0.3, -0.25) is 9.69 Å².